The molecule has 0 fully saturated rings. The van der Waals surface area contributed by atoms with Crippen LogP contribution in [0.25, 0.3) is 0 Å². The van der Waals surface area contributed by atoms with Gasteiger partial charge in [-0.15, -0.1) is 0 Å². The molecule has 0 saturated carbocycles. The first kappa shape index (κ1) is 18.2. The molecule has 72 valence electrons. The molecule has 1 heterocycles. The van der Waals surface area contributed by atoms with Crippen molar-refractivity contribution in [2.45, 2.75) is 18.7 Å². The molecular formula is C7H6Na2O5S. The Bertz CT molecular complexity index is 352. The van der Waals surface area contributed by atoms with Crippen molar-refractivity contribution in [2.24, 2.45) is 0 Å². The first-order chi connectivity index (χ1) is 5.95. The minimum atomic E-state index is -2.62. The summed E-state index contributed by atoms with van der Waals surface area (Å²) in [7, 11) is 0. The van der Waals surface area contributed by atoms with Crippen molar-refractivity contribution in [3.8, 4) is 0 Å². The van der Waals surface area contributed by atoms with Crippen LogP contribution in [0.15, 0.2) is 9.31 Å². The molecule has 0 amide bonds. The summed E-state index contributed by atoms with van der Waals surface area (Å²) in [6, 6.07) is 0. The number of hydrogen-bond donors (Lipinski definition) is 0. The Labute approximate surface area is 133 Å². The number of carbonyl (C=O) groups excluding carboxylic acids is 1. The van der Waals surface area contributed by atoms with Gasteiger partial charge in [-0.3, -0.25) is 4.21 Å². The molecule has 1 rings (SSSR count). The molecular weight excluding hydrogens is 242 g/mol. The van der Waals surface area contributed by atoms with Gasteiger partial charge in [0.15, 0.2) is 0 Å². The monoisotopic (exact) mass is 248 g/mol. The zero-order valence-electron chi connectivity index (χ0n) is 8.95. The predicted octanol–water partition coefficient (Wildman–Crippen LogP) is -6.49. The molecule has 1 unspecified atom stereocenters. The van der Waals surface area contributed by atoms with E-state index in [4.69, 9.17) is 4.42 Å². The quantitative estimate of drug-likeness (QED) is 0.383. The van der Waals surface area contributed by atoms with Gasteiger partial charge in [-0.25, -0.2) is 0 Å². The Morgan fingerprint density at radius 1 is 1.27 bits per heavy atom. The number of aryl methyl sites for hydroxylation is 2. The third-order valence-electron chi connectivity index (χ3n) is 1.58. The second-order valence-electron chi connectivity index (χ2n) is 2.44. The first-order valence-corrected chi connectivity index (χ1v) is 4.43. The Morgan fingerprint density at radius 3 is 2.00 bits per heavy atom. The van der Waals surface area contributed by atoms with Crippen LogP contribution in [0.5, 0.6) is 0 Å². The normalized spacial score (nSPS) is 11.1. The van der Waals surface area contributed by atoms with Crippen molar-refractivity contribution in [1.29, 1.82) is 0 Å². The van der Waals surface area contributed by atoms with Gasteiger partial charge in [0.05, 0.1) is 16.4 Å². The van der Waals surface area contributed by atoms with E-state index in [1.165, 1.54) is 13.8 Å². The average molecular weight is 248 g/mol. The van der Waals surface area contributed by atoms with Crippen LogP contribution in [0.1, 0.15) is 21.9 Å². The molecule has 1 aromatic heterocycles. The molecule has 5 nitrogen and oxygen atoms in total. The summed E-state index contributed by atoms with van der Waals surface area (Å²) in [6.45, 7) is 2.75. The molecule has 1 atom stereocenters. The minimum absolute atomic E-state index is 0. The summed E-state index contributed by atoms with van der Waals surface area (Å²) >= 11 is -2.62. The van der Waals surface area contributed by atoms with Crippen LogP contribution in [0.2, 0.25) is 0 Å². The fourth-order valence-electron chi connectivity index (χ4n) is 1.10. The van der Waals surface area contributed by atoms with Crippen LogP contribution in [0, 0.1) is 13.8 Å². The van der Waals surface area contributed by atoms with Gasteiger partial charge in [0.2, 0.25) is 0 Å². The number of aromatic carboxylic acids is 1. The summed E-state index contributed by atoms with van der Waals surface area (Å²) in [5.41, 5.74) is -0.397. The fourth-order valence-corrected chi connectivity index (χ4v) is 1.77. The molecule has 0 N–H and O–H groups in total. The second-order valence-corrected chi connectivity index (χ2v) is 3.32. The third-order valence-corrected chi connectivity index (χ3v) is 2.40. The van der Waals surface area contributed by atoms with Crippen molar-refractivity contribution in [3.05, 3.63) is 17.1 Å². The topological polar surface area (TPSA) is 93.4 Å². The van der Waals surface area contributed by atoms with E-state index in [1.807, 2.05) is 0 Å². The number of rotatable bonds is 2. The maximum atomic E-state index is 10.6. The van der Waals surface area contributed by atoms with Gasteiger partial charge in [-0.1, -0.05) is 0 Å². The molecule has 0 bridgehead atoms. The molecule has 0 aromatic carbocycles. The smallest absolute Gasteiger partial charge is 0.768 e. The standard InChI is InChI=1S/C7H8O5S.2Na/c1-3-5(7(8)9)6(13(10)11)4(2)12-3;;/h1-2H3,(H,8,9)(H,10,11);;/q;2*+1/p-2. The van der Waals surface area contributed by atoms with Gasteiger partial charge in [-0.2, -0.15) is 0 Å². The molecule has 0 aliphatic rings. The Hall–Kier alpha value is 0.860. The second kappa shape index (κ2) is 7.24. The first-order valence-electron chi connectivity index (χ1n) is 3.35. The van der Waals surface area contributed by atoms with Crippen molar-refractivity contribution in [1.82, 2.24) is 0 Å². The summed E-state index contributed by atoms with van der Waals surface area (Å²) < 4.78 is 26.1. The van der Waals surface area contributed by atoms with Crippen molar-refractivity contribution in [2.75, 3.05) is 0 Å². The molecule has 15 heavy (non-hydrogen) atoms. The maximum Gasteiger partial charge on any atom is 1.00 e. The van der Waals surface area contributed by atoms with E-state index in [1.54, 1.807) is 0 Å². The fraction of sp³-hybridized carbons (Fsp3) is 0.286. The predicted molar refractivity (Wildman–Crippen MR) is 39.7 cm³/mol. The Kier molecular flexibility index (Phi) is 8.80. The van der Waals surface area contributed by atoms with Crippen LogP contribution >= 0.6 is 0 Å². The van der Waals surface area contributed by atoms with Gasteiger partial charge < -0.3 is 18.9 Å². The summed E-state index contributed by atoms with van der Waals surface area (Å²) in [4.78, 5) is 10.2. The maximum absolute atomic E-state index is 10.6. The van der Waals surface area contributed by atoms with Crippen molar-refractivity contribution < 1.29 is 82.2 Å². The average Bonchev–Trinajstić information content (AvgIpc) is 2.24. The van der Waals surface area contributed by atoms with Crippen LogP contribution in [0.4, 0.5) is 0 Å². The number of carboxylic acid groups (broad SMARTS) is 1. The van der Waals surface area contributed by atoms with Gasteiger partial charge in [0.25, 0.3) is 0 Å². The van der Waals surface area contributed by atoms with E-state index in [0.717, 1.165) is 0 Å². The SMILES string of the molecule is Cc1oc(C)c(S(=O)[O-])c1C(=O)[O-].[Na+].[Na+]. The van der Waals surface area contributed by atoms with Crippen LogP contribution in [-0.4, -0.2) is 14.7 Å². The molecule has 1 aromatic rings. The van der Waals surface area contributed by atoms with Crippen LogP contribution in [-0.2, 0) is 11.1 Å². The van der Waals surface area contributed by atoms with Crippen molar-refractivity contribution >= 4 is 17.0 Å². The van der Waals surface area contributed by atoms with E-state index in [0.29, 0.717) is 0 Å². The van der Waals surface area contributed by atoms with E-state index >= 15 is 0 Å². The number of hydrogen-bond acceptors (Lipinski definition) is 5. The molecule has 0 aliphatic carbocycles. The number of carbonyl (C=O) groups is 1. The van der Waals surface area contributed by atoms with Gasteiger partial charge in [-0.05, 0) is 24.9 Å². The summed E-state index contributed by atoms with van der Waals surface area (Å²) in [5, 5.41) is 10.5. The summed E-state index contributed by atoms with van der Waals surface area (Å²) in [6.07, 6.45) is 0. The van der Waals surface area contributed by atoms with Crippen LogP contribution in [0.3, 0.4) is 0 Å². The molecule has 0 aliphatic heterocycles. The van der Waals surface area contributed by atoms with Gasteiger partial charge in [0, 0.05) is 0 Å². The van der Waals surface area contributed by atoms with Gasteiger partial charge >= 0.3 is 59.1 Å². The van der Waals surface area contributed by atoms with Crippen molar-refractivity contribution in [3.63, 3.8) is 0 Å². The Balaban J connectivity index is 0. The van der Waals surface area contributed by atoms with E-state index in [-0.39, 0.29) is 75.5 Å². The van der Waals surface area contributed by atoms with E-state index in [2.05, 4.69) is 0 Å². The Morgan fingerprint density at radius 2 is 1.73 bits per heavy atom. The third kappa shape index (κ3) is 3.98. The molecule has 0 spiro atoms. The molecule has 0 saturated heterocycles. The largest absolute Gasteiger partial charge is 1.00 e. The van der Waals surface area contributed by atoms with Crippen LogP contribution < -0.4 is 64.2 Å². The summed E-state index contributed by atoms with van der Waals surface area (Å²) in [5.74, 6) is -1.45. The van der Waals surface area contributed by atoms with E-state index < -0.39 is 22.6 Å². The van der Waals surface area contributed by atoms with Gasteiger partial charge in [0.1, 0.15) is 11.5 Å². The number of furan rings is 1. The zero-order valence-corrected chi connectivity index (χ0v) is 13.8. The minimum Gasteiger partial charge on any atom is -0.768 e. The van der Waals surface area contributed by atoms with E-state index in [9.17, 15) is 18.7 Å². The number of carboxylic acids is 1. The molecule has 0 radical (unpaired) electrons. The zero-order chi connectivity index (χ0) is 10.2. The molecule has 8 heteroatoms.